The van der Waals surface area contributed by atoms with Crippen LogP contribution < -0.4 is 4.74 Å². The van der Waals surface area contributed by atoms with Crippen molar-refractivity contribution in [2.45, 2.75) is 6.42 Å². The summed E-state index contributed by atoms with van der Waals surface area (Å²) >= 11 is 3.14. The first-order valence-electron chi connectivity index (χ1n) is 7.89. The summed E-state index contributed by atoms with van der Waals surface area (Å²) in [4.78, 5) is 15.4. The number of carboxylic acid groups (broad SMARTS) is 1. The second-order valence-electron chi connectivity index (χ2n) is 5.78. The van der Waals surface area contributed by atoms with Crippen molar-refractivity contribution in [1.82, 2.24) is 4.98 Å². The van der Waals surface area contributed by atoms with Crippen LogP contribution in [0.1, 0.15) is 21.6 Å². The molecular weight excluding hydrogens is 420 g/mol. The third kappa shape index (κ3) is 4.14. The van der Waals surface area contributed by atoms with Crippen LogP contribution in [0.3, 0.4) is 0 Å². The van der Waals surface area contributed by atoms with Crippen LogP contribution in [0.4, 0.5) is 8.78 Å². The average Bonchev–Trinajstić information content (AvgIpc) is 2.65. The van der Waals surface area contributed by atoms with E-state index in [4.69, 9.17) is 4.74 Å². The van der Waals surface area contributed by atoms with Gasteiger partial charge < -0.3 is 9.84 Å². The van der Waals surface area contributed by atoms with Gasteiger partial charge in [-0.3, -0.25) is 4.98 Å². The van der Waals surface area contributed by atoms with Gasteiger partial charge in [-0.1, -0.05) is 12.1 Å². The molecule has 4 nitrogen and oxygen atoms in total. The maximum Gasteiger partial charge on any atom is 0.337 e. The van der Waals surface area contributed by atoms with E-state index in [2.05, 4.69) is 20.9 Å². The largest absolute Gasteiger partial charge is 0.497 e. The Morgan fingerprint density at radius 1 is 1.15 bits per heavy atom. The van der Waals surface area contributed by atoms with E-state index in [1.807, 2.05) is 0 Å². The van der Waals surface area contributed by atoms with Crippen LogP contribution in [0.2, 0.25) is 0 Å². The first-order valence-corrected chi connectivity index (χ1v) is 8.68. The summed E-state index contributed by atoms with van der Waals surface area (Å²) in [5, 5.41) is 9.29. The molecule has 0 radical (unpaired) electrons. The lowest BCUT2D eigenvalue weighted by Gasteiger charge is -2.11. The molecule has 0 bridgehead atoms. The Morgan fingerprint density at radius 2 is 1.85 bits per heavy atom. The van der Waals surface area contributed by atoms with E-state index in [-0.39, 0.29) is 23.2 Å². The smallest absolute Gasteiger partial charge is 0.337 e. The number of rotatable bonds is 5. The van der Waals surface area contributed by atoms with Crippen molar-refractivity contribution in [3.63, 3.8) is 0 Å². The maximum absolute atomic E-state index is 14.6. The maximum atomic E-state index is 14.6. The number of carbonyl (C=O) groups is 1. The fourth-order valence-electron chi connectivity index (χ4n) is 2.70. The van der Waals surface area contributed by atoms with E-state index >= 15 is 0 Å². The lowest BCUT2D eigenvalue weighted by Crippen LogP contribution is -2.08. The fraction of sp³-hybridized carbons (Fsp3) is 0.100. The Hall–Kier alpha value is -2.80. The highest BCUT2D eigenvalue weighted by molar-refractivity contribution is 9.10. The van der Waals surface area contributed by atoms with Crippen molar-refractivity contribution in [1.29, 1.82) is 0 Å². The molecule has 0 aliphatic heterocycles. The zero-order valence-corrected chi connectivity index (χ0v) is 15.8. The van der Waals surface area contributed by atoms with E-state index < -0.39 is 17.6 Å². The van der Waals surface area contributed by atoms with Gasteiger partial charge in [-0.2, -0.15) is 0 Å². The normalized spacial score (nSPS) is 10.7. The van der Waals surface area contributed by atoms with Gasteiger partial charge in [0.05, 0.1) is 18.4 Å². The van der Waals surface area contributed by atoms with Crippen LogP contribution in [-0.4, -0.2) is 23.2 Å². The highest BCUT2D eigenvalue weighted by Gasteiger charge is 2.18. The predicted molar refractivity (Wildman–Crippen MR) is 100 cm³/mol. The van der Waals surface area contributed by atoms with Crippen molar-refractivity contribution < 1.29 is 23.4 Å². The lowest BCUT2D eigenvalue weighted by molar-refractivity contribution is 0.0695. The standard InChI is InChI=1S/C20H14BrF2NO3/c1-27-14-4-2-3-11(5-14)12-6-17(22)15(18(23)7-12)9-19-16(20(25)26)8-13(21)10-24-19/h2-8,10H,9H2,1H3,(H,25,26). The number of aromatic carboxylic acids is 1. The number of benzene rings is 2. The van der Waals surface area contributed by atoms with Crippen molar-refractivity contribution in [3.8, 4) is 16.9 Å². The minimum absolute atomic E-state index is 0.0811. The average molecular weight is 434 g/mol. The predicted octanol–water partition coefficient (Wildman–Crippen LogP) is 5.09. The summed E-state index contributed by atoms with van der Waals surface area (Å²) in [6.45, 7) is 0. The number of halogens is 3. The Kier molecular flexibility index (Phi) is 5.51. The van der Waals surface area contributed by atoms with Crippen LogP contribution in [0, 0.1) is 11.6 Å². The zero-order chi connectivity index (χ0) is 19.6. The van der Waals surface area contributed by atoms with Gasteiger partial charge in [0.15, 0.2) is 0 Å². The van der Waals surface area contributed by atoms with Gasteiger partial charge in [-0.15, -0.1) is 0 Å². The Morgan fingerprint density at radius 3 is 2.48 bits per heavy atom. The molecule has 1 N–H and O–H groups in total. The molecule has 138 valence electrons. The van der Waals surface area contributed by atoms with Gasteiger partial charge in [-0.05, 0) is 57.4 Å². The molecule has 1 aromatic heterocycles. The second kappa shape index (κ2) is 7.84. The van der Waals surface area contributed by atoms with Gasteiger partial charge in [-0.25, -0.2) is 13.6 Å². The third-order valence-corrected chi connectivity index (χ3v) is 4.49. The van der Waals surface area contributed by atoms with E-state index in [9.17, 15) is 18.7 Å². The molecular formula is C20H14BrF2NO3. The SMILES string of the molecule is COc1cccc(-c2cc(F)c(Cc3ncc(Br)cc3C(=O)O)c(F)c2)c1. The zero-order valence-electron chi connectivity index (χ0n) is 14.2. The van der Waals surface area contributed by atoms with Crippen molar-refractivity contribution in [3.05, 3.63) is 81.6 Å². The van der Waals surface area contributed by atoms with E-state index in [1.165, 1.54) is 31.5 Å². The molecule has 3 aromatic rings. The summed E-state index contributed by atoms with van der Waals surface area (Å²) in [5.74, 6) is -2.18. The molecule has 0 amide bonds. The van der Waals surface area contributed by atoms with Crippen molar-refractivity contribution >= 4 is 21.9 Å². The van der Waals surface area contributed by atoms with Crippen molar-refractivity contribution in [2.75, 3.05) is 7.11 Å². The van der Waals surface area contributed by atoms with Gasteiger partial charge >= 0.3 is 5.97 Å². The number of ether oxygens (including phenoxy) is 1. The first kappa shape index (κ1) is 19.0. The molecule has 2 aromatic carbocycles. The fourth-order valence-corrected chi connectivity index (χ4v) is 3.03. The highest BCUT2D eigenvalue weighted by atomic mass is 79.9. The number of hydrogen-bond donors (Lipinski definition) is 1. The van der Waals surface area contributed by atoms with Crippen LogP contribution in [-0.2, 0) is 6.42 Å². The molecule has 27 heavy (non-hydrogen) atoms. The Labute approximate surface area is 162 Å². The van der Waals surface area contributed by atoms with E-state index in [1.54, 1.807) is 24.3 Å². The number of methoxy groups -OCH3 is 1. The molecule has 0 fully saturated rings. The molecule has 0 saturated heterocycles. The number of carboxylic acids is 1. The summed E-state index contributed by atoms with van der Waals surface area (Å²) in [6, 6.07) is 10.6. The molecule has 0 unspecified atom stereocenters. The first-order chi connectivity index (χ1) is 12.9. The molecule has 0 spiro atoms. The summed E-state index contributed by atoms with van der Waals surface area (Å²) in [5.41, 5.74) is 0.693. The van der Waals surface area contributed by atoms with Crippen LogP contribution >= 0.6 is 15.9 Å². The van der Waals surface area contributed by atoms with Gasteiger partial charge in [0, 0.05) is 22.7 Å². The van der Waals surface area contributed by atoms with Crippen LogP contribution in [0.5, 0.6) is 5.75 Å². The molecule has 3 rings (SSSR count). The second-order valence-corrected chi connectivity index (χ2v) is 6.70. The lowest BCUT2D eigenvalue weighted by atomic mass is 9.99. The Balaban J connectivity index is 2.00. The van der Waals surface area contributed by atoms with Crippen molar-refractivity contribution in [2.24, 2.45) is 0 Å². The monoisotopic (exact) mass is 433 g/mol. The summed E-state index contributed by atoms with van der Waals surface area (Å²) in [6.07, 6.45) is 1.12. The number of aromatic nitrogens is 1. The summed E-state index contributed by atoms with van der Waals surface area (Å²) < 4.78 is 34.8. The quantitative estimate of drug-likeness (QED) is 0.608. The molecule has 1 heterocycles. The molecule has 0 saturated carbocycles. The number of pyridine rings is 1. The Bertz CT molecular complexity index is 1000. The third-order valence-electron chi connectivity index (χ3n) is 4.06. The number of nitrogens with zero attached hydrogens (tertiary/aromatic N) is 1. The van der Waals surface area contributed by atoms with Gasteiger partial charge in [0.2, 0.25) is 0 Å². The van der Waals surface area contributed by atoms with Crippen LogP contribution in [0.15, 0.2) is 53.1 Å². The minimum Gasteiger partial charge on any atom is -0.497 e. The van der Waals surface area contributed by atoms with E-state index in [0.717, 1.165) is 0 Å². The molecule has 7 heteroatoms. The molecule has 0 aliphatic carbocycles. The van der Waals surface area contributed by atoms with Crippen LogP contribution in [0.25, 0.3) is 11.1 Å². The van der Waals surface area contributed by atoms with Gasteiger partial charge in [0.25, 0.3) is 0 Å². The minimum atomic E-state index is -1.22. The van der Waals surface area contributed by atoms with Gasteiger partial charge in [0.1, 0.15) is 17.4 Å². The molecule has 0 aliphatic rings. The van der Waals surface area contributed by atoms with E-state index in [0.29, 0.717) is 21.3 Å². The molecule has 0 atom stereocenters. The highest BCUT2D eigenvalue weighted by Crippen LogP contribution is 2.28. The topological polar surface area (TPSA) is 59.4 Å². The summed E-state index contributed by atoms with van der Waals surface area (Å²) in [7, 11) is 1.51. The number of hydrogen-bond acceptors (Lipinski definition) is 3.